The molecule has 0 aliphatic carbocycles. The standard InChI is InChI=1S/C31H31FN8O16S5/c32-29-35-30(37-31(36-29)40(21-5-2-1-3-6-21)11-4-13-58(43,44)14-12-54-57-56-55-42)34-20-8-10-26(61(51,52)53)24(16-20)38-39-28-23(33-18-59(45,46)47)9-7-19-15-22(60(48,49)50)17-25(41)27(19)28/h1-3,5-10,15-17,33,41-42H,4,11-14,18H2,(H,45,46,47)(H,48,49,50)(H,51,52,53)(H,34,35,36,37). The first kappa shape index (κ1) is 46.8. The fourth-order valence-corrected chi connectivity index (χ4v) is 8.24. The Bertz CT molecular complexity index is 2880. The minimum absolute atomic E-state index is 0.00857. The van der Waals surface area contributed by atoms with E-state index >= 15 is 4.39 Å². The van der Waals surface area contributed by atoms with Crippen molar-refractivity contribution in [3.05, 3.63) is 78.9 Å². The van der Waals surface area contributed by atoms with E-state index in [9.17, 15) is 52.4 Å². The number of aromatic hydroxyl groups is 1. The number of azo groups is 1. The molecule has 0 amide bonds. The molecule has 4 aromatic carbocycles. The quantitative estimate of drug-likeness (QED) is 0.0131. The van der Waals surface area contributed by atoms with E-state index in [1.807, 2.05) is 0 Å². The third kappa shape index (κ3) is 13.4. The van der Waals surface area contributed by atoms with E-state index in [2.05, 4.69) is 45.2 Å². The number of nitrogens with one attached hydrogen (secondary N) is 2. The fourth-order valence-electron chi connectivity index (χ4n) is 5.33. The van der Waals surface area contributed by atoms with Gasteiger partial charge in [0.15, 0.2) is 22.2 Å². The highest BCUT2D eigenvalue weighted by Gasteiger charge is 2.22. The summed E-state index contributed by atoms with van der Waals surface area (Å²) in [5.74, 6) is -3.41. The van der Waals surface area contributed by atoms with Crippen LogP contribution in [0.5, 0.6) is 5.75 Å². The predicted octanol–water partition coefficient (Wildman–Crippen LogP) is 4.72. The van der Waals surface area contributed by atoms with Gasteiger partial charge in [-0.3, -0.25) is 17.8 Å². The lowest BCUT2D eigenvalue weighted by Crippen LogP contribution is -2.25. The zero-order chi connectivity index (χ0) is 44.6. The molecule has 328 valence electrons. The summed E-state index contributed by atoms with van der Waals surface area (Å²) in [6.45, 7) is -0.359. The van der Waals surface area contributed by atoms with Crippen LogP contribution in [-0.2, 0) is 53.7 Å². The molecule has 1 aromatic heterocycles. The molecule has 0 bridgehead atoms. The van der Waals surface area contributed by atoms with Crippen molar-refractivity contribution in [1.82, 2.24) is 15.0 Å². The van der Waals surface area contributed by atoms with E-state index in [0.717, 1.165) is 30.3 Å². The molecule has 61 heavy (non-hydrogen) atoms. The van der Waals surface area contributed by atoms with Gasteiger partial charge in [-0.2, -0.15) is 44.6 Å². The number of phenolic OH excluding ortho intramolecular Hbond substituents is 1. The Morgan fingerprint density at radius 1 is 0.836 bits per heavy atom. The first-order valence-electron chi connectivity index (χ1n) is 16.6. The number of hydrogen-bond acceptors (Lipinski definition) is 22. The van der Waals surface area contributed by atoms with Crippen LogP contribution < -0.4 is 15.5 Å². The Morgan fingerprint density at radius 3 is 2.25 bits per heavy atom. The number of aromatic nitrogens is 3. The van der Waals surface area contributed by atoms with Crippen LogP contribution >= 0.6 is 12.3 Å². The van der Waals surface area contributed by atoms with Gasteiger partial charge in [0.2, 0.25) is 11.9 Å². The van der Waals surface area contributed by atoms with Crippen LogP contribution in [0, 0.1) is 6.08 Å². The maximum Gasteiger partial charge on any atom is 0.315 e. The number of hydrogen-bond donors (Lipinski definition) is 7. The molecule has 5 rings (SSSR count). The number of anilines is 5. The number of nitrogens with zero attached hydrogens (tertiary/aromatic N) is 6. The van der Waals surface area contributed by atoms with Crippen LogP contribution in [0.15, 0.2) is 92.8 Å². The molecule has 0 radical (unpaired) electrons. The molecule has 24 nitrogen and oxygen atoms in total. The number of phenols is 1. The Balaban J connectivity index is 1.50. The summed E-state index contributed by atoms with van der Waals surface area (Å²) in [6, 6.07) is 15.1. The van der Waals surface area contributed by atoms with Crippen LogP contribution in [-0.4, -0.2) is 103 Å². The van der Waals surface area contributed by atoms with Gasteiger partial charge in [-0.05, 0) is 54.3 Å². The van der Waals surface area contributed by atoms with Crippen LogP contribution in [0.1, 0.15) is 6.42 Å². The SMILES string of the molecule is O=S(=O)(O)CNc1ccc2cc(S(=O)(=O)O)cc(O)c2c1N=Nc1cc(Nc2nc(F)nc(N(CCCS(=O)(=O)CCOSOOO)c3ccccc3)n2)ccc1S(=O)(=O)O. The number of rotatable bonds is 21. The monoisotopic (exact) mass is 950 g/mol. The maximum absolute atomic E-state index is 15.0. The lowest BCUT2D eigenvalue weighted by atomic mass is 10.1. The molecule has 0 fully saturated rings. The van der Waals surface area contributed by atoms with Crippen molar-refractivity contribution < 1.29 is 75.6 Å². The summed E-state index contributed by atoms with van der Waals surface area (Å²) in [6.07, 6.45) is -1.30. The van der Waals surface area contributed by atoms with Crippen LogP contribution in [0.3, 0.4) is 0 Å². The van der Waals surface area contributed by atoms with Crippen molar-refractivity contribution in [2.24, 2.45) is 10.2 Å². The average molecular weight is 951 g/mol. The van der Waals surface area contributed by atoms with Crippen molar-refractivity contribution in [3.63, 3.8) is 0 Å². The van der Waals surface area contributed by atoms with Gasteiger partial charge in [0.05, 0.1) is 34.1 Å². The Labute approximate surface area is 349 Å². The molecular formula is C31H31FN8O16S5. The number of fused-ring (bicyclic) bond motifs is 1. The van der Waals surface area contributed by atoms with E-state index in [4.69, 9.17) is 9.44 Å². The molecule has 0 saturated heterocycles. The molecule has 0 aliphatic heterocycles. The Morgan fingerprint density at radius 2 is 1.57 bits per heavy atom. The first-order valence-corrected chi connectivity index (χ1v) is 23.6. The van der Waals surface area contributed by atoms with E-state index in [-0.39, 0.29) is 65.7 Å². The van der Waals surface area contributed by atoms with E-state index < -0.39 is 90.8 Å². The average Bonchev–Trinajstić information content (AvgIpc) is 3.17. The lowest BCUT2D eigenvalue weighted by Gasteiger charge is -2.23. The molecule has 30 heteroatoms. The number of sulfone groups is 1. The van der Waals surface area contributed by atoms with Crippen molar-refractivity contribution in [2.75, 3.05) is 46.1 Å². The molecule has 5 aromatic rings. The zero-order valence-electron chi connectivity index (χ0n) is 30.5. The van der Waals surface area contributed by atoms with Gasteiger partial charge in [0.1, 0.15) is 27.9 Å². The highest BCUT2D eigenvalue weighted by Crippen LogP contribution is 2.42. The van der Waals surface area contributed by atoms with Gasteiger partial charge in [-0.25, -0.2) is 13.7 Å². The largest absolute Gasteiger partial charge is 0.507 e. The van der Waals surface area contributed by atoms with Gasteiger partial charge >= 0.3 is 6.08 Å². The topological polar surface area (TPSA) is 356 Å². The van der Waals surface area contributed by atoms with Crippen LogP contribution in [0.4, 0.5) is 44.7 Å². The van der Waals surface area contributed by atoms with Gasteiger partial charge in [0, 0.05) is 24.0 Å². The molecule has 0 unspecified atom stereocenters. The molecule has 1 heterocycles. The molecule has 0 spiro atoms. The molecule has 0 saturated carbocycles. The highest BCUT2D eigenvalue weighted by atomic mass is 32.2. The third-order valence-electron chi connectivity index (χ3n) is 7.86. The van der Waals surface area contributed by atoms with Gasteiger partial charge in [-0.1, -0.05) is 29.3 Å². The Hall–Kier alpha value is -5.25. The second-order valence-electron chi connectivity index (χ2n) is 12.1. The zero-order valence-corrected chi connectivity index (χ0v) is 34.6. The summed E-state index contributed by atoms with van der Waals surface area (Å²) < 4.78 is 149. The van der Waals surface area contributed by atoms with Crippen molar-refractivity contribution in [3.8, 4) is 5.75 Å². The summed E-state index contributed by atoms with van der Waals surface area (Å²) in [7, 11) is -18.2. The molecule has 0 atom stereocenters. The first-order chi connectivity index (χ1) is 28.6. The summed E-state index contributed by atoms with van der Waals surface area (Å²) in [4.78, 5) is 11.5. The van der Waals surface area contributed by atoms with Crippen molar-refractivity contribution >= 4 is 104 Å². The summed E-state index contributed by atoms with van der Waals surface area (Å²) in [5, 5.41) is 34.8. The molecular weight excluding hydrogens is 920 g/mol. The second kappa shape index (κ2) is 19.6. The predicted molar refractivity (Wildman–Crippen MR) is 214 cm³/mol. The van der Waals surface area contributed by atoms with Crippen molar-refractivity contribution in [2.45, 2.75) is 16.2 Å². The fraction of sp³-hybridized carbons (Fsp3) is 0.194. The van der Waals surface area contributed by atoms with E-state index in [0.29, 0.717) is 11.8 Å². The third-order valence-corrected chi connectivity index (χ3v) is 12.2. The number of halogens is 1. The van der Waals surface area contributed by atoms with Crippen molar-refractivity contribution in [1.29, 1.82) is 0 Å². The summed E-state index contributed by atoms with van der Waals surface area (Å²) in [5.41, 5.74) is -0.951. The molecule has 0 aliphatic rings. The smallest absolute Gasteiger partial charge is 0.315 e. The Kier molecular flexibility index (Phi) is 15.1. The highest BCUT2D eigenvalue weighted by molar-refractivity contribution is 7.91. The van der Waals surface area contributed by atoms with Crippen LogP contribution in [0.25, 0.3) is 10.8 Å². The minimum Gasteiger partial charge on any atom is -0.507 e. The summed E-state index contributed by atoms with van der Waals surface area (Å²) >= 11 is 0.216. The van der Waals surface area contributed by atoms with E-state index in [1.165, 1.54) is 11.0 Å². The lowest BCUT2D eigenvalue weighted by molar-refractivity contribution is -0.434. The second-order valence-corrected chi connectivity index (χ2v) is 19.2. The van der Waals surface area contributed by atoms with Gasteiger partial charge < -0.3 is 20.6 Å². The number of para-hydroxylation sites is 1. The maximum atomic E-state index is 15.0. The number of benzene rings is 4. The van der Waals surface area contributed by atoms with Gasteiger partial charge in [0.25, 0.3) is 30.4 Å². The molecule has 7 N–H and O–H groups in total. The van der Waals surface area contributed by atoms with Crippen LogP contribution in [0.2, 0.25) is 0 Å². The normalized spacial score (nSPS) is 12.5. The van der Waals surface area contributed by atoms with Gasteiger partial charge in [-0.15, -0.1) is 14.6 Å². The van der Waals surface area contributed by atoms with E-state index in [1.54, 1.807) is 30.3 Å². The minimum atomic E-state index is -5.06.